The number of methoxy groups -OCH3 is 2. The summed E-state index contributed by atoms with van der Waals surface area (Å²) in [5.41, 5.74) is 7.10. The van der Waals surface area contributed by atoms with Crippen LogP contribution in [0.15, 0.2) is 93.3 Å². The van der Waals surface area contributed by atoms with E-state index in [0.717, 1.165) is 101 Å². The van der Waals surface area contributed by atoms with Gasteiger partial charge in [0, 0.05) is 40.7 Å². The van der Waals surface area contributed by atoms with Crippen LogP contribution in [0.3, 0.4) is 0 Å². The highest BCUT2D eigenvalue weighted by Crippen LogP contribution is 2.28. The number of hydrogen-bond donors (Lipinski definition) is 4. The van der Waals surface area contributed by atoms with Crippen LogP contribution in [0.4, 0.5) is 0 Å². The van der Waals surface area contributed by atoms with E-state index < -0.39 is 0 Å². The second-order valence-corrected chi connectivity index (χ2v) is 13.3. The molecule has 6 rings (SSSR count). The minimum absolute atomic E-state index is 0.706. The minimum Gasteiger partial charge on any atom is -0.496 e. The average molecular weight is 767 g/mol. The first-order chi connectivity index (χ1) is 23.9. The Morgan fingerprint density at radius 1 is 0.633 bits per heavy atom. The van der Waals surface area contributed by atoms with E-state index in [0.29, 0.717) is 13.1 Å². The smallest absolute Gasteiger partial charge is 0.191 e. The molecule has 0 bridgehead atoms. The highest BCUT2D eigenvalue weighted by Gasteiger charge is 2.13. The number of hydrogen-bond acceptors (Lipinski definition) is 8. The number of benzene rings is 4. The number of nitrogens with one attached hydrogen (secondary N) is 4. The van der Waals surface area contributed by atoms with Gasteiger partial charge >= 0.3 is 0 Å². The van der Waals surface area contributed by atoms with Crippen molar-refractivity contribution in [2.45, 2.75) is 38.8 Å². The monoisotopic (exact) mass is 764 g/mol. The Morgan fingerprint density at radius 3 is 1.67 bits per heavy atom. The lowest BCUT2D eigenvalue weighted by Crippen LogP contribution is -2.33. The summed E-state index contributed by atoms with van der Waals surface area (Å²) in [5.74, 6) is 3.55. The van der Waals surface area contributed by atoms with Crippen molar-refractivity contribution in [1.29, 1.82) is 0 Å². The molecular weight excluding hydrogens is 723 g/mol. The first-order valence-corrected chi connectivity index (χ1v) is 18.0. The van der Waals surface area contributed by atoms with Gasteiger partial charge in [-0.15, -0.1) is 0 Å². The van der Waals surface area contributed by atoms with Crippen molar-refractivity contribution >= 4 is 51.1 Å². The first-order valence-electron chi connectivity index (χ1n) is 16.5. The SMILES string of the molecule is COc1ccc(Br)cc1CCc1c(Cl)cccc1CNC1=NCCN1.COc1ccccc1CCc1c(Cl)cccc1CNC1=NCCN1. The summed E-state index contributed by atoms with van der Waals surface area (Å²) in [6, 6.07) is 26.3. The van der Waals surface area contributed by atoms with Crippen molar-refractivity contribution in [1.82, 2.24) is 21.3 Å². The molecule has 258 valence electrons. The summed E-state index contributed by atoms with van der Waals surface area (Å²) in [6.45, 7) is 4.88. The fourth-order valence-corrected chi connectivity index (χ4v) is 6.85. The van der Waals surface area contributed by atoms with E-state index in [4.69, 9.17) is 32.7 Å². The van der Waals surface area contributed by atoms with Crippen LogP contribution in [0.2, 0.25) is 10.0 Å². The van der Waals surface area contributed by atoms with Gasteiger partial charge in [-0.2, -0.15) is 0 Å². The van der Waals surface area contributed by atoms with Gasteiger partial charge < -0.3 is 30.7 Å². The summed E-state index contributed by atoms with van der Waals surface area (Å²) in [5, 5.41) is 14.7. The van der Waals surface area contributed by atoms with E-state index in [1.165, 1.54) is 22.3 Å². The third-order valence-electron chi connectivity index (χ3n) is 8.40. The topological polar surface area (TPSA) is 91.3 Å². The molecule has 0 unspecified atom stereocenters. The van der Waals surface area contributed by atoms with Gasteiger partial charge in [0.25, 0.3) is 0 Å². The molecule has 0 radical (unpaired) electrons. The molecule has 0 amide bonds. The van der Waals surface area contributed by atoms with E-state index in [1.807, 2.05) is 54.6 Å². The molecular formula is C38H43BrCl2N6O2. The second kappa shape index (κ2) is 18.7. The fraction of sp³-hybridized carbons (Fsp3) is 0.316. The third kappa shape index (κ3) is 10.5. The molecule has 0 saturated heterocycles. The number of halogens is 3. The van der Waals surface area contributed by atoms with Crippen molar-refractivity contribution in [2.24, 2.45) is 9.98 Å². The molecule has 4 aromatic carbocycles. The average Bonchev–Trinajstić information content (AvgIpc) is 3.85. The Bertz CT molecular complexity index is 1770. The highest BCUT2D eigenvalue weighted by molar-refractivity contribution is 9.10. The molecule has 0 atom stereocenters. The van der Waals surface area contributed by atoms with Crippen LogP contribution in [-0.4, -0.2) is 52.3 Å². The molecule has 2 aliphatic heterocycles. The Balaban J connectivity index is 0.000000191. The Kier molecular flexibility index (Phi) is 13.9. The van der Waals surface area contributed by atoms with Gasteiger partial charge in [0.2, 0.25) is 0 Å². The first kappa shape index (κ1) is 36.4. The van der Waals surface area contributed by atoms with Gasteiger partial charge in [-0.3, -0.25) is 9.98 Å². The number of nitrogens with zero attached hydrogens (tertiary/aromatic N) is 2. The van der Waals surface area contributed by atoms with Crippen LogP contribution in [0.25, 0.3) is 0 Å². The second-order valence-electron chi connectivity index (χ2n) is 11.5. The van der Waals surface area contributed by atoms with Gasteiger partial charge in [0.15, 0.2) is 11.9 Å². The zero-order valence-corrected chi connectivity index (χ0v) is 31.0. The quantitative estimate of drug-likeness (QED) is 0.123. The van der Waals surface area contributed by atoms with E-state index >= 15 is 0 Å². The van der Waals surface area contributed by atoms with Crippen molar-refractivity contribution in [3.05, 3.63) is 127 Å². The normalized spacial score (nSPS) is 13.3. The van der Waals surface area contributed by atoms with E-state index in [-0.39, 0.29) is 0 Å². The van der Waals surface area contributed by atoms with E-state index in [2.05, 4.69) is 71.4 Å². The number of para-hydroxylation sites is 1. The molecule has 49 heavy (non-hydrogen) atoms. The fourth-order valence-electron chi connectivity index (χ4n) is 5.86. The standard InChI is InChI=1S/C19H21BrClN3O.C19H22ClN3O/c1-25-18-8-6-15(20)11-13(18)5-7-16-14(3-2-4-17(16)21)12-24-19-22-9-10-23-19;1-24-18-8-3-2-5-14(18)9-10-16-15(6-4-7-17(16)20)13-23-19-21-11-12-22-19/h2-4,6,8,11H,5,7,9-10,12H2,1H3,(H2,22,23,24);2-8H,9-13H2,1H3,(H2,21,22,23). The molecule has 11 heteroatoms. The maximum atomic E-state index is 6.48. The predicted octanol–water partition coefficient (Wildman–Crippen LogP) is 7.13. The van der Waals surface area contributed by atoms with Gasteiger partial charge in [0.05, 0.1) is 27.3 Å². The minimum atomic E-state index is 0.706. The zero-order valence-electron chi connectivity index (χ0n) is 27.9. The number of ether oxygens (including phenoxy) is 2. The van der Waals surface area contributed by atoms with Gasteiger partial charge in [-0.25, -0.2) is 0 Å². The zero-order chi connectivity index (χ0) is 34.4. The maximum absolute atomic E-state index is 6.48. The van der Waals surface area contributed by atoms with Crippen molar-refractivity contribution in [3.63, 3.8) is 0 Å². The van der Waals surface area contributed by atoms with Crippen LogP contribution in [-0.2, 0) is 38.8 Å². The largest absolute Gasteiger partial charge is 0.496 e. The Morgan fingerprint density at radius 2 is 1.14 bits per heavy atom. The molecule has 2 aliphatic rings. The number of aryl methyl sites for hydroxylation is 2. The molecule has 4 N–H and O–H groups in total. The van der Waals surface area contributed by atoms with Crippen molar-refractivity contribution in [2.75, 3.05) is 40.4 Å². The highest BCUT2D eigenvalue weighted by atomic mass is 79.9. The Hall–Kier alpha value is -3.92. The molecule has 4 aromatic rings. The van der Waals surface area contributed by atoms with Crippen molar-refractivity contribution < 1.29 is 9.47 Å². The summed E-state index contributed by atoms with van der Waals surface area (Å²) >= 11 is 16.5. The van der Waals surface area contributed by atoms with Crippen LogP contribution in [0, 0.1) is 0 Å². The van der Waals surface area contributed by atoms with Crippen molar-refractivity contribution in [3.8, 4) is 11.5 Å². The van der Waals surface area contributed by atoms with Crippen LogP contribution in [0.1, 0.15) is 33.4 Å². The van der Waals surface area contributed by atoms with Gasteiger partial charge in [-0.05, 0) is 95.5 Å². The van der Waals surface area contributed by atoms with E-state index in [1.54, 1.807) is 14.2 Å². The molecule has 2 heterocycles. The van der Waals surface area contributed by atoms with Crippen LogP contribution in [0.5, 0.6) is 11.5 Å². The third-order valence-corrected chi connectivity index (χ3v) is 9.60. The lowest BCUT2D eigenvalue weighted by atomic mass is 9.99. The Labute approximate surface area is 307 Å². The van der Waals surface area contributed by atoms with Gasteiger partial charge in [0.1, 0.15) is 11.5 Å². The van der Waals surface area contributed by atoms with Gasteiger partial charge in [-0.1, -0.05) is 81.6 Å². The summed E-state index contributed by atoms with van der Waals surface area (Å²) in [6.07, 6.45) is 3.47. The number of guanidine groups is 2. The molecule has 8 nitrogen and oxygen atoms in total. The molecule has 0 saturated carbocycles. The molecule has 0 aliphatic carbocycles. The van der Waals surface area contributed by atoms with Crippen LogP contribution >= 0.6 is 39.1 Å². The summed E-state index contributed by atoms with van der Waals surface area (Å²) < 4.78 is 12.0. The number of aliphatic imine (C=N–C) groups is 2. The maximum Gasteiger partial charge on any atom is 0.191 e. The lowest BCUT2D eigenvalue weighted by molar-refractivity contribution is 0.409. The molecule has 0 aromatic heterocycles. The lowest BCUT2D eigenvalue weighted by Gasteiger charge is -2.14. The predicted molar refractivity (Wildman–Crippen MR) is 206 cm³/mol. The number of rotatable bonds is 12. The van der Waals surface area contributed by atoms with Crippen LogP contribution < -0.4 is 30.7 Å². The molecule has 0 spiro atoms. The summed E-state index contributed by atoms with van der Waals surface area (Å²) in [4.78, 5) is 8.73. The molecule has 0 fully saturated rings. The van der Waals surface area contributed by atoms with E-state index in [9.17, 15) is 0 Å². The summed E-state index contributed by atoms with van der Waals surface area (Å²) in [7, 11) is 3.41.